The Kier molecular flexibility index (Phi) is 6.25. The molecule has 21 heavy (non-hydrogen) atoms. The quantitative estimate of drug-likeness (QED) is 0.794. The third-order valence-corrected chi connectivity index (χ3v) is 4.02. The minimum Gasteiger partial charge on any atom is -0.453 e. The summed E-state index contributed by atoms with van der Waals surface area (Å²) in [7, 11) is 1.37. The van der Waals surface area contributed by atoms with Crippen molar-refractivity contribution in [1.82, 2.24) is 15.1 Å². The van der Waals surface area contributed by atoms with E-state index in [1.807, 2.05) is 0 Å². The number of piperazine rings is 1. The number of piperidine rings is 1. The lowest BCUT2D eigenvalue weighted by molar-refractivity contribution is -0.134. The summed E-state index contributed by atoms with van der Waals surface area (Å²) in [5.74, 6) is 0.105. The molecule has 0 radical (unpaired) electrons. The molecular formula is C14H25N3O4. The maximum absolute atomic E-state index is 12.1. The fraction of sp³-hybridized carbons (Fsp3) is 0.857. The van der Waals surface area contributed by atoms with Crippen LogP contribution in [0.5, 0.6) is 0 Å². The van der Waals surface area contributed by atoms with Crippen molar-refractivity contribution < 1.29 is 19.1 Å². The molecule has 0 bridgehead atoms. The van der Waals surface area contributed by atoms with Crippen molar-refractivity contribution >= 4 is 12.0 Å². The summed E-state index contributed by atoms with van der Waals surface area (Å²) < 4.78 is 10.4. The molecule has 0 aliphatic carbocycles. The van der Waals surface area contributed by atoms with Gasteiger partial charge in [-0.05, 0) is 25.9 Å². The number of nitrogens with zero attached hydrogens (tertiary/aromatic N) is 2. The molecule has 2 amide bonds. The summed E-state index contributed by atoms with van der Waals surface area (Å²) in [5, 5.41) is 3.29. The van der Waals surface area contributed by atoms with Crippen LogP contribution in [-0.4, -0.2) is 80.9 Å². The van der Waals surface area contributed by atoms with E-state index >= 15 is 0 Å². The number of methoxy groups -OCH3 is 1. The summed E-state index contributed by atoms with van der Waals surface area (Å²) in [4.78, 5) is 26.9. The summed E-state index contributed by atoms with van der Waals surface area (Å²) in [5.41, 5.74) is 0. The Morgan fingerprint density at radius 1 is 1.10 bits per heavy atom. The van der Waals surface area contributed by atoms with Crippen LogP contribution in [0.15, 0.2) is 0 Å². The zero-order chi connectivity index (χ0) is 15.1. The molecule has 0 aromatic heterocycles. The fourth-order valence-electron chi connectivity index (χ4n) is 2.70. The van der Waals surface area contributed by atoms with Crippen LogP contribution in [0.4, 0.5) is 4.79 Å². The van der Waals surface area contributed by atoms with E-state index in [0.29, 0.717) is 39.2 Å². The average molecular weight is 299 g/mol. The molecule has 2 rings (SSSR count). The topological polar surface area (TPSA) is 71.1 Å². The van der Waals surface area contributed by atoms with Gasteiger partial charge in [-0.25, -0.2) is 4.79 Å². The highest BCUT2D eigenvalue weighted by Gasteiger charge is 2.24. The Labute approximate surface area is 125 Å². The molecule has 0 spiro atoms. The first-order valence-corrected chi connectivity index (χ1v) is 7.63. The molecule has 0 saturated carbocycles. The van der Waals surface area contributed by atoms with Gasteiger partial charge in [0.15, 0.2) is 0 Å². The van der Waals surface area contributed by atoms with Crippen LogP contribution < -0.4 is 5.32 Å². The van der Waals surface area contributed by atoms with Gasteiger partial charge in [0.25, 0.3) is 0 Å². The number of amides is 2. The molecule has 0 unspecified atom stereocenters. The Morgan fingerprint density at radius 3 is 2.33 bits per heavy atom. The maximum Gasteiger partial charge on any atom is 0.409 e. The SMILES string of the molecule is COC(=O)N1CCN(C(=O)CCOC2CCNCC2)CC1. The predicted octanol–water partition coefficient (Wildman–Crippen LogP) is 0.0557. The number of rotatable bonds is 4. The highest BCUT2D eigenvalue weighted by molar-refractivity contribution is 5.76. The van der Waals surface area contributed by atoms with Crippen molar-refractivity contribution in [2.24, 2.45) is 0 Å². The fourth-order valence-corrected chi connectivity index (χ4v) is 2.70. The number of nitrogens with one attached hydrogen (secondary N) is 1. The molecule has 120 valence electrons. The van der Waals surface area contributed by atoms with Crippen molar-refractivity contribution in [1.29, 1.82) is 0 Å². The van der Waals surface area contributed by atoms with E-state index in [2.05, 4.69) is 10.1 Å². The van der Waals surface area contributed by atoms with Gasteiger partial charge in [-0.2, -0.15) is 0 Å². The Morgan fingerprint density at radius 2 is 1.71 bits per heavy atom. The van der Waals surface area contributed by atoms with E-state index in [1.165, 1.54) is 7.11 Å². The normalized spacial score (nSPS) is 20.4. The Hall–Kier alpha value is -1.34. The highest BCUT2D eigenvalue weighted by atomic mass is 16.5. The van der Waals surface area contributed by atoms with Crippen LogP contribution in [-0.2, 0) is 14.3 Å². The minimum absolute atomic E-state index is 0.105. The Balaban J connectivity index is 1.62. The first-order chi connectivity index (χ1) is 10.2. The molecule has 7 nitrogen and oxygen atoms in total. The highest BCUT2D eigenvalue weighted by Crippen LogP contribution is 2.09. The molecular weight excluding hydrogens is 274 g/mol. The molecule has 2 aliphatic heterocycles. The van der Waals surface area contributed by atoms with E-state index in [1.54, 1.807) is 9.80 Å². The molecule has 1 N–H and O–H groups in total. The average Bonchev–Trinajstić information content (AvgIpc) is 2.55. The zero-order valence-corrected chi connectivity index (χ0v) is 12.7. The minimum atomic E-state index is -0.323. The van der Waals surface area contributed by atoms with Crippen LogP contribution in [0.3, 0.4) is 0 Å². The lowest BCUT2D eigenvalue weighted by atomic mass is 10.1. The molecule has 2 saturated heterocycles. The lowest BCUT2D eigenvalue weighted by Gasteiger charge is -2.34. The largest absolute Gasteiger partial charge is 0.453 e. The molecule has 0 aromatic carbocycles. The van der Waals surface area contributed by atoms with Crippen molar-refractivity contribution in [3.05, 3.63) is 0 Å². The van der Waals surface area contributed by atoms with Gasteiger partial charge in [0, 0.05) is 26.2 Å². The van der Waals surface area contributed by atoms with E-state index in [9.17, 15) is 9.59 Å². The molecule has 0 atom stereocenters. The second kappa shape index (κ2) is 8.19. The predicted molar refractivity (Wildman–Crippen MR) is 77.0 cm³/mol. The zero-order valence-electron chi connectivity index (χ0n) is 12.7. The molecule has 2 fully saturated rings. The second-order valence-corrected chi connectivity index (χ2v) is 5.41. The maximum atomic E-state index is 12.1. The van der Waals surface area contributed by atoms with Gasteiger partial charge in [0.1, 0.15) is 0 Å². The number of hydrogen-bond acceptors (Lipinski definition) is 5. The monoisotopic (exact) mass is 299 g/mol. The molecule has 2 aliphatic rings. The number of hydrogen-bond donors (Lipinski definition) is 1. The van der Waals surface area contributed by atoms with Gasteiger partial charge in [-0.3, -0.25) is 4.79 Å². The van der Waals surface area contributed by atoms with Crippen molar-refractivity contribution in [2.75, 3.05) is 53.0 Å². The lowest BCUT2D eigenvalue weighted by Crippen LogP contribution is -2.50. The third-order valence-electron chi connectivity index (χ3n) is 4.02. The van der Waals surface area contributed by atoms with E-state index in [4.69, 9.17) is 4.74 Å². The second-order valence-electron chi connectivity index (χ2n) is 5.41. The van der Waals surface area contributed by atoms with Crippen LogP contribution in [0.2, 0.25) is 0 Å². The molecule has 0 aromatic rings. The van der Waals surface area contributed by atoms with Gasteiger partial charge in [0.2, 0.25) is 5.91 Å². The standard InChI is InChI=1S/C14H25N3O4/c1-20-14(19)17-9-7-16(8-10-17)13(18)4-11-21-12-2-5-15-6-3-12/h12,15H,2-11H2,1H3. The van der Waals surface area contributed by atoms with Crippen LogP contribution >= 0.6 is 0 Å². The smallest absolute Gasteiger partial charge is 0.409 e. The molecule has 2 heterocycles. The van der Waals surface area contributed by atoms with Crippen molar-refractivity contribution in [3.8, 4) is 0 Å². The first-order valence-electron chi connectivity index (χ1n) is 7.63. The number of ether oxygens (including phenoxy) is 2. The first kappa shape index (κ1) is 16.0. The summed E-state index contributed by atoms with van der Waals surface area (Å²) in [6.45, 7) is 4.69. The summed E-state index contributed by atoms with van der Waals surface area (Å²) >= 11 is 0. The van der Waals surface area contributed by atoms with Crippen molar-refractivity contribution in [2.45, 2.75) is 25.4 Å². The van der Waals surface area contributed by atoms with Crippen LogP contribution in [0.25, 0.3) is 0 Å². The van der Waals surface area contributed by atoms with Crippen LogP contribution in [0, 0.1) is 0 Å². The van der Waals surface area contributed by atoms with E-state index in [-0.39, 0.29) is 18.1 Å². The van der Waals surface area contributed by atoms with Gasteiger partial charge >= 0.3 is 6.09 Å². The van der Waals surface area contributed by atoms with Gasteiger partial charge in [-0.15, -0.1) is 0 Å². The summed E-state index contributed by atoms with van der Waals surface area (Å²) in [6.07, 6.45) is 2.42. The number of carbonyl (C=O) groups excluding carboxylic acids is 2. The van der Waals surface area contributed by atoms with Gasteiger partial charge < -0.3 is 24.6 Å². The summed E-state index contributed by atoms with van der Waals surface area (Å²) in [6, 6.07) is 0. The Bertz CT molecular complexity index is 350. The van der Waals surface area contributed by atoms with Crippen LogP contribution in [0.1, 0.15) is 19.3 Å². The van der Waals surface area contributed by atoms with Crippen molar-refractivity contribution in [3.63, 3.8) is 0 Å². The number of carbonyl (C=O) groups is 2. The van der Waals surface area contributed by atoms with E-state index in [0.717, 1.165) is 25.9 Å². The third kappa shape index (κ3) is 4.86. The molecule has 7 heteroatoms. The van der Waals surface area contributed by atoms with Gasteiger partial charge in [-0.1, -0.05) is 0 Å². The van der Waals surface area contributed by atoms with Gasteiger partial charge in [0.05, 0.1) is 26.2 Å². The van der Waals surface area contributed by atoms with E-state index < -0.39 is 0 Å².